The lowest BCUT2D eigenvalue weighted by Gasteiger charge is -2.12. The molecule has 0 N–H and O–H groups in total. The monoisotopic (exact) mass is 140 g/mol. The summed E-state index contributed by atoms with van der Waals surface area (Å²) in [4.78, 5) is 2.77. The van der Waals surface area contributed by atoms with Gasteiger partial charge >= 0.3 is 0 Å². The van der Waals surface area contributed by atoms with Gasteiger partial charge in [0.1, 0.15) is 0 Å². The lowest BCUT2D eigenvalue weighted by molar-refractivity contribution is 0.465. The van der Waals surface area contributed by atoms with E-state index in [1.165, 1.54) is 0 Å². The highest BCUT2D eigenvalue weighted by atomic mass is 15.1. The van der Waals surface area contributed by atoms with E-state index in [0.717, 1.165) is 12.8 Å². The highest BCUT2D eigenvalue weighted by Gasteiger charge is 2.08. The van der Waals surface area contributed by atoms with Gasteiger partial charge in [-0.3, -0.25) is 0 Å². The minimum absolute atomic E-state index is 0.127. The molecule has 3 nitrogen and oxygen atoms in total. The third kappa shape index (κ3) is 3.36. The number of hydrogen-bond donors (Lipinski definition) is 0. The van der Waals surface area contributed by atoms with E-state index in [1.807, 2.05) is 0 Å². The average Bonchev–Trinajstić information content (AvgIpc) is 1.87. The normalized spacial score (nSPS) is 12.8. The molecule has 1 unspecified atom stereocenters. The van der Waals surface area contributed by atoms with E-state index >= 15 is 0 Å². The van der Waals surface area contributed by atoms with Crippen LogP contribution in [0.2, 0.25) is 0 Å². The molecule has 0 saturated carbocycles. The first kappa shape index (κ1) is 9.31. The summed E-state index contributed by atoms with van der Waals surface area (Å²) in [5.41, 5.74) is 8.15. The molecule has 0 bridgehead atoms. The molecular formula is C7H14N3. The molecule has 1 radical (unpaired) electrons. The molecule has 0 fully saturated rings. The van der Waals surface area contributed by atoms with E-state index in [-0.39, 0.29) is 6.04 Å². The van der Waals surface area contributed by atoms with Gasteiger partial charge in [0.05, 0.1) is 0 Å². The summed E-state index contributed by atoms with van der Waals surface area (Å²) >= 11 is 0. The van der Waals surface area contributed by atoms with Gasteiger partial charge in [0, 0.05) is 11.0 Å². The molecule has 0 aliphatic rings. The molecule has 0 aromatic carbocycles. The van der Waals surface area contributed by atoms with Crippen molar-refractivity contribution < 1.29 is 0 Å². The maximum atomic E-state index is 8.15. The Morgan fingerprint density at radius 2 is 2.20 bits per heavy atom. The molecule has 0 amide bonds. The van der Waals surface area contributed by atoms with Gasteiger partial charge in [-0.25, -0.2) is 0 Å². The Morgan fingerprint density at radius 3 is 2.50 bits per heavy atom. The van der Waals surface area contributed by atoms with Crippen molar-refractivity contribution >= 4 is 0 Å². The van der Waals surface area contributed by atoms with Crippen molar-refractivity contribution in [3.05, 3.63) is 17.4 Å². The van der Waals surface area contributed by atoms with Crippen LogP contribution in [0.5, 0.6) is 0 Å². The van der Waals surface area contributed by atoms with Crippen LogP contribution in [0.4, 0.5) is 0 Å². The molecule has 0 heterocycles. The van der Waals surface area contributed by atoms with Crippen LogP contribution in [0.1, 0.15) is 26.7 Å². The van der Waals surface area contributed by atoms with Crippen molar-refractivity contribution in [2.24, 2.45) is 11.0 Å². The molecule has 0 aliphatic heterocycles. The first-order chi connectivity index (χ1) is 4.72. The first-order valence-corrected chi connectivity index (χ1v) is 3.55. The minimum atomic E-state index is 0.127. The number of azide groups is 1. The molecule has 0 aromatic heterocycles. The Morgan fingerprint density at radius 1 is 1.60 bits per heavy atom. The predicted molar refractivity (Wildman–Crippen MR) is 42.4 cm³/mol. The van der Waals surface area contributed by atoms with Crippen molar-refractivity contribution in [1.82, 2.24) is 0 Å². The minimum Gasteiger partial charge on any atom is -0.0904 e. The summed E-state index contributed by atoms with van der Waals surface area (Å²) in [7, 11) is 0. The largest absolute Gasteiger partial charge is 0.0904 e. The van der Waals surface area contributed by atoms with E-state index in [0.29, 0.717) is 5.92 Å². The predicted octanol–water partition coefficient (Wildman–Crippen LogP) is 2.94. The van der Waals surface area contributed by atoms with Gasteiger partial charge in [0.15, 0.2) is 0 Å². The number of hydrogen-bond acceptors (Lipinski definition) is 1. The highest BCUT2D eigenvalue weighted by Crippen LogP contribution is 2.12. The van der Waals surface area contributed by atoms with E-state index in [2.05, 4.69) is 30.8 Å². The second kappa shape index (κ2) is 5.12. The van der Waals surface area contributed by atoms with Crippen molar-refractivity contribution in [2.75, 3.05) is 0 Å². The molecule has 0 spiro atoms. The first-order valence-electron chi connectivity index (χ1n) is 3.55. The Kier molecular flexibility index (Phi) is 4.77. The fraction of sp³-hybridized carbons (Fsp3) is 0.857. The second-order valence-corrected chi connectivity index (χ2v) is 2.66. The quantitative estimate of drug-likeness (QED) is 0.327. The molecule has 1 atom stereocenters. The fourth-order valence-electron chi connectivity index (χ4n) is 0.800. The zero-order chi connectivity index (χ0) is 7.98. The molecular weight excluding hydrogens is 126 g/mol. The summed E-state index contributed by atoms with van der Waals surface area (Å²) in [5, 5.41) is 3.65. The number of rotatable bonds is 4. The maximum absolute atomic E-state index is 8.15. The van der Waals surface area contributed by atoms with Gasteiger partial charge in [0.2, 0.25) is 0 Å². The van der Waals surface area contributed by atoms with Crippen LogP contribution in [0.15, 0.2) is 5.11 Å². The smallest absolute Gasteiger partial charge is 0.0397 e. The van der Waals surface area contributed by atoms with Crippen LogP contribution in [-0.4, -0.2) is 6.04 Å². The van der Waals surface area contributed by atoms with Gasteiger partial charge in [-0.1, -0.05) is 32.3 Å². The van der Waals surface area contributed by atoms with E-state index < -0.39 is 0 Å². The highest BCUT2D eigenvalue weighted by molar-refractivity contribution is 4.70. The summed E-state index contributed by atoms with van der Waals surface area (Å²) in [5.74, 6) is 0.428. The third-order valence-electron chi connectivity index (χ3n) is 1.47. The SMILES string of the molecule is [CH2]CCC(N=[N+]=[N-])C(C)C. The van der Waals surface area contributed by atoms with Gasteiger partial charge in [-0.2, -0.15) is 0 Å². The molecule has 10 heavy (non-hydrogen) atoms. The van der Waals surface area contributed by atoms with Crippen LogP contribution < -0.4 is 0 Å². The molecule has 3 heteroatoms. The van der Waals surface area contributed by atoms with Gasteiger partial charge < -0.3 is 0 Å². The second-order valence-electron chi connectivity index (χ2n) is 2.66. The Bertz CT molecular complexity index is 125. The molecule has 57 valence electrons. The van der Waals surface area contributed by atoms with E-state index in [4.69, 9.17) is 5.53 Å². The van der Waals surface area contributed by atoms with Gasteiger partial charge in [0.25, 0.3) is 0 Å². The Labute approximate surface area is 62.1 Å². The van der Waals surface area contributed by atoms with Crippen LogP contribution in [0.25, 0.3) is 10.4 Å². The molecule has 0 aliphatic carbocycles. The van der Waals surface area contributed by atoms with Crippen molar-refractivity contribution in [1.29, 1.82) is 0 Å². The van der Waals surface area contributed by atoms with Crippen LogP contribution >= 0.6 is 0 Å². The maximum Gasteiger partial charge on any atom is 0.0397 e. The lowest BCUT2D eigenvalue weighted by Crippen LogP contribution is -2.10. The Balaban J connectivity index is 3.84. The molecule has 0 aromatic rings. The van der Waals surface area contributed by atoms with Crippen molar-refractivity contribution in [3.8, 4) is 0 Å². The van der Waals surface area contributed by atoms with Crippen LogP contribution in [0, 0.1) is 12.8 Å². The van der Waals surface area contributed by atoms with Crippen LogP contribution in [0.3, 0.4) is 0 Å². The van der Waals surface area contributed by atoms with Gasteiger partial charge in [-0.05, 0) is 17.9 Å². The summed E-state index contributed by atoms with van der Waals surface area (Å²) in [6.45, 7) is 7.81. The standard InChI is InChI=1S/C7H14N3/c1-4-5-7(6(2)3)9-10-8/h6-7H,1,4-5H2,2-3H3. The third-order valence-corrected chi connectivity index (χ3v) is 1.47. The van der Waals surface area contributed by atoms with Crippen molar-refractivity contribution in [2.45, 2.75) is 32.7 Å². The van der Waals surface area contributed by atoms with Gasteiger partial charge in [-0.15, -0.1) is 0 Å². The summed E-state index contributed by atoms with van der Waals surface area (Å²) in [6, 6.07) is 0.127. The number of nitrogens with zero attached hydrogens (tertiary/aromatic N) is 3. The fourth-order valence-corrected chi connectivity index (χ4v) is 0.800. The summed E-state index contributed by atoms with van der Waals surface area (Å²) in [6.07, 6.45) is 1.73. The van der Waals surface area contributed by atoms with E-state index in [9.17, 15) is 0 Å². The Hall–Kier alpha value is -0.690. The molecule has 0 saturated heterocycles. The zero-order valence-electron chi connectivity index (χ0n) is 6.62. The topological polar surface area (TPSA) is 48.8 Å². The van der Waals surface area contributed by atoms with E-state index in [1.54, 1.807) is 0 Å². The zero-order valence-corrected chi connectivity index (χ0v) is 6.62. The summed E-state index contributed by atoms with van der Waals surface area (Å²) < 4.78 is 0. The van der Waals surface area contributed by atoms with Crippen LogP contribution in [-0.2, 0) is 0 Å². The molecule has 0 rings (SSSR count). The lowest BCUT2D eigenvalue weighted by atomic mass is 10.0. The average molecular weight is 140 g/mol. The van der Waals surface area contributed by atoms with Crippen molar-refractivity contribution in [3.63, 3.8) is 0 Å².